The number of benzene rings is 2. The SMILES string of the molecule is C[C@@H]1Cc2c([nH]c3ccccc23)[C@@H](c2c(F)cc(OC3CN(CCCF)C3)cc2F)N1C[C@@H](C)O. The second-order valence-electron chi connectivity index (χ2n) is 9.91. The van der Waals surface area contributed by atoms with E-state index >= 15 is 8.78 Å². The van der Waals surface area contributed by atoms with Crippen molar-refractivity contribution in [2.75, 3.05) is 32.9 Å². The molecule has 0 unspecified atom stereocenters. The third kappa shape index (κ3) is 4.67. The number of fused-ring (bicyclic) bond motifs is 3. The molecule has 2 aliphatic rings. The van der Waals surface area contributed by atoms with Crippen molar-refractivity contribution < 1.29 is 23.0 Å². The molecule has 5 nitrogen and oxygen atoms in total. The van der Waals surface area contributed by atoms with Gasteiger partial charge in [-0.15, -0.1) is 0 Å². The number of aromatic nitrogens is 1. The monoisotopic (exact) mass is 487 g/mol. The van der Waals surface area contributed by atoms with Gasteiger partial charge in [0.2, 0.25) is 0 Å². The molecule has 3 heterocycles. The molecule has 0 radical (unpaired) electrons. The van der Waals surface area contributed by atoms with Gasteiger partial charge in [0.05, 0.1) is 18.8 Å². The number of likely N-dealkylation sites (tertiary alicyclic amines) is 1. The van der Waals surface area contributed by atoms with Crippen LogP contribution in [0.1, 0.15) is 43.1 Å². The molecule has 5 rings (SSSR count). The number of rotatable bonds is 8. The maximum Gasteiger partial charge on any atom is 0.135 e. The quantitative estimate of drug-likeness (QED) is 0.488. The van der Waals surface area contributed by atoms with Crippen LogP contribution in [0.3, 0.4) is 0 Å². The van der Waals surface area contributed by atoms with Crippen molar-refractivity contribution in [3.63, 3.8) is 0 Å². The summed E-state index contributed by atoms with van der Waals surface area (Å²) >= 11 is 0. The summed E-state index contributed by atoms with van der Waals surface area (Å²) in [7, 11) is 0. The minimum Gasteiger partial charge on any atom is -0.488 e. The fraction of sp³-hybridized carbons (Fsp3) is 0.481. The molecule has 2 aliphatic heterocycles. The predicted molar refractivity (Wildman–Crippen MR) is 130 cm³/mol. The second-order valence-corrected chi connectivity index (χ2v) is 9.91. The van der Waals surface area contributed by atoms with E-state index < -0.39 is 23.8 Å². The Morgan fingerprint density at radius 1 is 1.17 bits per heavy atom. The Morgan fingerprint density at radius 3 is 2.57 bits per heavy atom. The fourth-order valence-electron chi connectivity index (χ4n) is 5.55. The highest BCUT2D eigenvalue weighted by Gasteiger charge is 2.39. The zero-order valence-electron chi connectivity index (χ0n) is 20.1. The molecule has 1 fully saturated rings. The van der Waals surface area contributed by atoms with Gasteiger partial charge in [-0.25, -0.2) is 8.78 Å². The number of alkyl halides is 1. The van der Waals surface area contributed by atoms with Crippen molar-refractivity contribution in [1.82, 2.24) is 14.8 Å². The van der Waals surface area contributed by atoms with Crippen LogP contribution < -0.4 is 4.74 Å². The van der Waals surface area contributed by atoms with Crippen molar-refractivity contribution >= 4 is 10.9 Å². The van der Waals surface area contributed by atoms with Gasteiger partial charge in [-0.3, -0.25) is 14.2 Å². The lowest BCUT2D eigenvalue weighted by molar-refractivity contribution is 0.0180. The molecule has 35 heavy (non-hydrogen) atoms. The average Bonchev–Trinajstić information content (AvgIpc) is 3.14. The summed E-state index contributed by atoms with van der Waals surface area (Å²) in [5.41, 5.74) is 2.70. The molecule has 1 aromatic heterocycles. The van der Waals surface area contributed by atoms with Crippen molar-refractivity contribution in [2.24, 2.45) is 0 Å². The van der Waals surface area contributed by atoms with E-state index in [9.17, 15) is 9.50 Å². The van der Waals surface area contributed by atoms with Gasteiger partial charge >= 0.3 is 0 Å². The summed E-state index contributed by atoms with van der Waals surface area (Å²) in [5.74, 6) is -1.19. The molecule has 0 amide bonds. The van der Waals surface area contributed by atoms with Crippen LogP contribution in [-0.2, 0) is 6.42 Å². The molecule has 0 bridgehead atoms. The number of aromatic amines is 1. The van der Waals surface area contributed by atoms with Gasteiger partial charge in [-0.2, -0.15) is 0 Å². The summed E-state index contributed by atoms with van der Waals surface area (Å²) in [6.07, 6.45) is 0.371. The molecular formula is C27H32F3N3O2. The van der Waals surface area contributed by atoms with E-state index in [0.29, 0.717) is 32.5 Å². The standard InChI is InChI=1S/C27H32F3N3O2/c1-16-10-21-20-6-3-4-7-24(20)31-26(21)27(33(16)13-17(2)34)25-22(29)11-18(12-23(25)30)35-19-14-32(15-19)9-5-8-28/h3-4,6-7,11-12,16-17,19,27,31,34H,5,8-10,13-15H2,1-2H3/t16-,17-,27-/m1/s1. The van der Waals surface area contributed by atoms with Crippen LogP contribution in [0.2, 0.25) is 0 Å². The molecule has 0 saturated carbocycles. The summed E-state index contributed by atoms with van der Waals surface area (Å²) in [5, 5.41) is 11.2. The van der Waals surface area contributed by atoms with Gasteiger partial charge in [0.15, 0.2) is 0 Å². The number of H-pyrrole nitrogens is 1. The number of para-hydroxylation sites is 1. The summed E-state index contributed by atoms with van der Waals surface area (Å²) in [6.45, 7) is 5.53. The number of halogens is 3. The number of nitrogens with zero attached hydrogens (tertiary/aromatic N) is 2. The number of hydrogen-bond acceptors (Lipinski definition) is 4. The van der Waals surface area contributed by atoms with E-state index in [4.69, 9.17) is 4.74 Å². The Morgan fingerprint density at radius 2 is 1.89 bits per heavy atom. The first-order valence-corrected chi connectivity index (χ1v) is 12.3. The van der Waals surface area contributed by atoms with Crippen molar-refractivity contribution in [3.8, 4) is 5.75 Å². The number of β-amino-alcohol motifs (C(OH)–C–C–N with tert-alkyl or cyclic N) is 1. The third-order valence-electron chi connectivity index (χ3n) is 7.15. The largest absolute Gasteiger partial charge is 0.488 e. The average molecular weight is 488 g/mol. The Kier molecular flexibility index (Phi) is 6.79. The molecule has 0 aliphatic carbocycles. The van der Waals surface area contributed by atoms with Gasteiger partial charge in [-0.05, 0) is 38.3 Å². The van der Waals surface area contributed by atoms with Gasteiger partial charge in [-0.1, -0.05) is 18.2 Å². The van der Waals surface area contributed by atoms with Crippen LogP contribution in [0.5, 0.6) is 5.75 Å². The Labute approximate surface area is 203 Å². The molecule has 2 aromatic carbocycles. The van der Waals surface area contributed by atoms with Gasteiger partial charge < -0.3 is 14.8 Å². The summed E-state index contributed by atoms with van der Waals surface area (Å²) in [4.78, 5) is 7.44. The van der Waals surface area contributed by atoms with Crippen molar-refractivity contribution in [2.45, 2.75) is 51.0 Å². The molecule has 0 spiro atoms. The Bertz CT molecular complexity index is 1170. The summed E-state index contributed by atoms with van der Waals surface area (Å²) in [6, 6.07) is 9.67. The molecule has 1 saturated heterocycles. The van der Waals surface area contributed by atoms with E-state index in [2.05, 4.69) is 9.88 Å². The highest BCUT2D eigenvalue weighted by Crippen LogP contribution is 2.43. The van der Waals surface area contributed by atoms with Crippen LogP contribution in [0.15, 0.2) is 36.4 Å². The van der Waals surface area contributed by atoms with E-state index in [1.54, 1.807) is 6.92 Å². The number of ether oxygens (including phenoxy) is 1. The van der Waals surface area contributed by atoms with Crippen molar-refractivity contribution in [1.29, 1.82) is 0 Å². The van der Waals surface area contributed by atoms with E-state index in [1.165, 1.54) is 12.1 Å². The minimum absolute atomic E-state index is 0.0266. The maximum atomic E-state index is 15.6. The number of hydrogen-bond donors (Lipinski definition) is 2. The molecule has 2 N–H and O–H groups in total. The molecule has 3 atom stereocenters. The summed E-state index contributed by atoms with van der Waals surface area (Å²) < 4.78 is 49.4. The van der Waals surface area contributed by atoms with Crippen LogP contribution >= 0.6 is 0 Å². The van der Waals surface area contributed by atoms with E-state index in [1.807, 2.05) is 36.1 Å². The van der Waals surface area contributed by atoms with Crippen LogP contribution in [0.25, 0.3) is 10.9 Å². The lowest BCUT2D eigenvalue weighted by atomic mass is 9.88. The first-order chi connectivity index (χ1) is 16.9. The number of nitrogens with one attached hydrogen (secondary N) is 1. The second kappa shape index (κ2) is 9.84. The minimum atomic E-state index is -0.704. The van der Waals surface area contributed by atoms with Crippen LogP contribution in [0, 0.1) is 11.6 Å². The van der Waals surface area contributed by atoms with Crippen LogP contribution in [-0.4, -0.2) is 71.0 Å². The van der Waals surface area contributed by atoms with E-state index in [0.717, 1.165) is 22.2 Å². The lowest BCUT2D eigenvalue weighted by Crippen LogP contribution is -2.53. The highest BCUT2D eigenvalue weighted by molar-refractivity contribution is 5.85. The Hall–Kier alpha value is -2.55. The predicted octanol–water partition coefficient (Wildman–Crippen LogP) is 4.59. The third-order valence-corrected chi connectivity index (χ3v) is 7.15. The smallest absolute Gasteiger partial charge is 0.135 e. The zero-order valence-corrected chi connectivity index (χ0v) is 20.1. The maximum absolute atomic E-state index is 15.6. The normalized spacial score (nSPS) is 22.2. The topological polar surface area (TPSA) is 51.7 Å². The van der Waals surface area contributed by atoms with E-state index in [-0.39, 0.29) is 36.7 Å². The lowest BCUT2D eigenvalue weighted by Gasteiger charge is -2.42. The molecule has 8 heteroatoms. The van der Waals surface area contributed by atoms with Crippen LogP contribution in [0.4, 0.5) is 13.2 Å². The first-order valence-electron chi connectivity index (χ1n) is 12.3. The molecular weight excluding hydrogens is 455 g/mol. The zero-order chi connectivity index (χ0) is 24.7. The number of aliphatic hydroxyl groups excluding tert-OH is 1. The van der Waals surface area contributed by atoms with Gasteiger partial charge in [0.25, 0.3) is 0 Å². The van der Waals surface area contributed by atoms with Gasteiger partial charge in [0.1, 0.15) is 23.5 Å². The first kappa shape index (κ1) is 24.2. The fourth-order valence-corrected chi connectivity index (χ4v) is 5.55. The Balaban J connectivity index is 1.48. The molecule has 188 valence electrons. The highest BCUT2D eigenvalue weighted by atomic mass is 19.1. The molecule has 3 aromatic rings. The van der Waals surface area contributed by atoms with Crippen molar-refractivity contribution in [3.05, 3.63) is 64.9 Å². The van der Waals surface area contributed by atoms with Gasteiger partial charge in [0, 0.05) is 66.5 Å². The number of aliphatic hydroxyl groups is 1.